The Morgan fingerprint density at radius 2 is 1.93 bits per heavy atom. The minimum Gasteiger partial charge on any atom is -0.508 e. The van der Waals surface area contributed by atoms with Crippen molar-refractivity contribution < 1.29 is 5.11 Å². The molecule has 1 heterocycles. The summed E-state index contributed by atoms with van der Waals surface area (Å²) in [4.78, 5) is 7.95. The van der Waals surface area contributed by atoms with Crippen LogP contribution in [0.5, 0.6) is 5.75 Å². The molecule has 76 valence electrons. The van der Waals surface area contributed by atoms with Crippen molar-refractivity contribution in [3.05, 3.63) is 36.7 Å². The molecule has 0 aliphatic carbocycles. The molecule has 5 heteroatoms. The maximum Gasteiger partial charge on any atom is 0.227 e. The number of nitrogens with zero attached hydrogens (tertiary/aromatic N) is 2. The van der Waals surface area contributed by atoms with Gasteiger partial charge in [0.15, 0.2) is 0 Å². The second kappa shape index (κ2) is 3.83. The molecule has 0 aliphatic heterocycles. The van der Waals surface area contributed by atoms with E-state index in [0.717, 1.165) is 5.69 Å². The minimum atomic E-state index is 0.190. The number of hydrogen-bond acceptors (Lipinski definition) is 5. The van der Waals surface area contributed by atoms with E-state index >= 15 is 0 Å². The van der Waals surface area contributed by atoms with Gasteiger partial charge in [0.25, 0.3) is 0 Å². The van der Waals surface area contributed by atoms with Crippen molar-refractivity contribution in [2.45, 2.75) is 0 Å². The molecule has 15 heavy (non-hydrogen) atoms. The van der Waals surface area contributed by atoms with Gasteiger partial charge in [0.05, 0.1) is 18.1 Å². The maximum absolute atomic E-state index is 9.23. The van der Waals surface area contributed by atoms with E-state index in [0.29, 0.717) is 11.6 Å². The molecule has 0 fully saturated rings. The third-order valence-electron chi connectivity index (χ3n) is 1.77. The standard InChI is InChI=1S/C10H10N4O/c11-7-5-12-10(13-6-7)14-8-2-1-3-9(15)4-8/h1-6,15H,11H2,(H,12,13,14). The van der Waals surface area contributed by atoms with Crippen molar-refractivity contribution in [1.82, 2.24) is 9.97 Å². The van der Waals surface area contributed by atoms with E-state index in [9.17, 15) is 5.11 Å². The Bertz CT molecular complexity index is 455. The Labute approximate surface area is 86.6 Å². The Hall–Kier alpha value is -2.30. The van der Waals surface area contributed by atoms with Crippen LogP contribution in [-0.2, 0) is 0 Å². The van der Waals surface area contributed by atoms with Crippen LogP contribution < -0.4 is 11.1 Å². The van der Waals surface area contributed by atoms with Gasteiger partial charge < -0.3 is 16.2 Å². The molecule has 0 saturated heterocycles. The molecule has 1 aromatic heterocycles. The van der Waals surface area contributed by atoms with Crippen LogP contribution in [0.3, 0.4) is 0 Å². The Balaban J connectivity index is 2.18. The van der Waals surface area contributed by atoms with Crippen molar-refractivity contribution in [3.8, 4) is 5.75 Å². The topological polar surface area (TPSA) is 84.1 Å². The third-order valence-corrected chi connectivity index (χ3v) is 1.77. The third kappa shape index (κ3) is 2.34. The highest BCUT2D eigenvalue weighted by molar-refractivity contribution is 5.55. The van der Waals surface area contributed by atoms with Gasteiger partial charge in [-0.3, -0.25) is 0 Å². The molecule has 2 aromatic rings. The quantitative estimate of drug-likeness (QED) is 0.687. The monoisotopic (exact) mass is 202 g/mol. The lowest BCUT2D eigenvalue weighted by molar-refractivity contribution is 0.475. The minimum absolute atomic E-state index is 0.190. The van der Waals surface area contributed by atoms with Crippen molar-refractivity contribution in [2.75, 3.05) is 11.1 Å². The SMILES string of the molecule is Nc1cnc(Nc2cccc(O)c2)nc1. The number of rotatable bonds is 2. The smallest absolute Gasteiger partial charge is 0.227 e. The van der Waals surface area contributed by atoms with Crippen LogP contribution in [0.2, 0.25) is 0 Å². The molecule has 4 N–H and O–H groups in total. The summed E-state index contributed by atoms with van der Waals surface area (Å²) in [5.41, 5.74) is 6.68. The number of phenols is 1. The summed E-state index contributed by atoms with van der Waals surface area (Å²) in [6.07, 6.45) is 3.02. The number of nitrogens with one attached hydrogen (secondary N) is 1. The van der Waals surface area contributed by atoms with Crippen molar-refractivity contribution in [1.29, 1.82) is 0 Å². The summed E-state index contributed by atoms with van der Waals surface area (Å²) in [5, 5.41) is 12.2. The molecule has 2 rings (SSSR count). The number of anilines is 3. The zero-order valence-electron chi connectivity index (χ0n) is 7.88. The van der Waals surface area contributed by atoms with E-state index in [4.69, 9.17) is 5.73 Å². The number of hydrogen-bond donors (Lipinski definition) is 3. The highest BCUT2D eigenvalue weighted by Gasteiger charge is 1.97. The summed E-state index contributed by atoms with van der Waals surface area (Å²) in [6, 6.07) is 6.71. The van der Waals surface area contributed by atoms with Gasteiger partial charge in [-0.1, -0.05) is 6.07 Å². The van der Waals surface area contributed by atoms with Gasteiger partial charge in [0, 0.05) is 11.8 Å². The number of aromatic nitrogens is 2. The lowest BCUT2D eigenvalue weighted by Crippen LogP contribution is -1.97. The summed E-state index contributed by atoms with van der Waals surface area (Å²) in [6.45, 7) is 0. The lowest BCUT2D eigenvalue weighted by Gasteiger charge is -2.04. The van der Waals surface area contributed by atoms with Crippen molar-refractivity contribution >= 4 is 17.3 Å². The largest absolute Gasteiger partial charge is 0.508 e. The van der Waals surface area contributed by atoms with Crippen LogP contribution in [0, 0.1) is 0 Å². The number of phenolic OH excluding ortho intramolecular Hbond substituents is 1. The average molecular weight is 202 g/mol. The number of aromatic hydroxyl groups is 1. The molecule has 0 radical (unpaired) electrons. The van der Waals surface area contributed by atoms with Crippen molar-refractivity contribution in [3.63, 3.8) is 0 Å². The Morgan fingerprint density at radius 3 is 2.60 bits per heavy atom. The molecule has 5 nitrogen and oxygen atoms in total. The van der Waals surface area contributed by atoms with Gasteiger partial charge in [0.2, 0.25) is 5.95 Å². The molecule has 0 aliphatic rings. The second-order valence-electron chi connectivity index (χ2n) is 3.02. The van der Waals surface area contributed by atoms with E-state index < -0.39 is 0 Å². The van der Waals surface area contributed by atoms with Crippen LogP contribution in [0.25, 0.3) is 0 Å². The zero-order chi connectivity index (χ0) is 10.7. The first-order valence-corrected chi connectivity index (χ1v) is 4.37. The van der Waals surface area contributed by atoms with Gasteiger partial charge in [-0.2, -0.15) is 0 Å². The van der Waals surface area contributed by atoms with Crippen molar-refractivity contribution in [2.24, 2.45) is 0 Å². The predicted molar refractivity (Wildman–Crippen MR) is 57.8 cm³/mol. The van der Waals surface area contributed by atoms with Gasteiger partial charge >= 0.3 is 0 Å². The number of nitrogens with two attached hydrogens (primary N) is 1. The molecule has 0 saturated carbocycles. The highest BCUT2D eigenvalue weighted by atomic mass is 16.3. The van der Waals surface area contributed by atoms with Gasteiger partial charge in [0.1, 0.15) is 5.75 Å². The highest BCUT2D eigenvalue weighted by Crippen LogP contribution is 2.18. The first kappa shape index (κ1) is 9.26. The van der Waals surface area contributed by atoms with E-state index in [2.05, 4.69) is 15.3 Å². The van der Waals surface area contributed by atoms with E-state index in [1.807, 2.05) is 0 Å². The first-order chi connectivity index (χ1) is 7.24. The molecule has 0 amide bonds. The summed E-state index contributed by atoms with van der Waals surface area (Å²) in [5.74, 6) is 0.630. The summed E-state index contributed by atoms with van der Waals surface area (Å²) >= 11 is 0. The fourth-order valence-corrected chi connectivity index (χ4v) is 1.12. The molecule has 0 spiro atoms. The van der Waals surface area contributed by atoms with E-state index in [1.54, 1.807) is 24.3 Å². The number of benzene rings is 1. The Morgan fingerprint density at radius 1 is 1.20 bits per heavy atom. The molecular weight excluding hydrogens is 192 g/mol. The summed E-state index contributed by atoms with van der Waals surface area (Å²) < 4.78 is 0. The lowest BCUT2D eigenvalue weighted by atomic mass is 10.3. The Kier molecular flexibility index (Phi) is 2.37. The predicted octanol–water partition coefficient (Wildman–Crippen LogP) is 1.51. The van der Waals surface area contributed by atoms with Crippen LogP contribution >= 0.6 is 0 Å². The van der Waals surface area contributed by atoms with Crippen LogP contribution in [0.4, 0.5) is 17.3 Å². The summed E-state index contributed by atoms with van der Waals surface area (Å²) in [7, 11) is 0. The van der Waals surface area contributed by atoms with Gasteiger partial charge in [-0.05, 0) is 12.1 Å². The van der Waals surface area contributed by atoms with Crippen LogP contribution in [0.15, 0.2) is 36.7 Å². The molecular formula is C10H10N4O. The average Bonchev–Trinajstić information content (AvgIpc) is 2.22. The zero-order valence-corrected chi connectivity index (χ0v) is 7.88. The first-order valence-electron chi connectivity index (χ1n) is 4.37. The molecule has 0 bridgehead atoms. The molecule has 0 unspecified atom stereocenters. The fraction of sp³-hybridized carbons (Fsp3) is 0. The maximum atomic E-state index is 9.23. The fourth-order valence-electron chi connectivity index (χ4n) is 1.12. The van der Waals surface area contributed by atoms with Gasteiger partial charge in [-0.25, -0.2) is 9.97 Å². The van der Waals surface area contributed by atoms with Gasteiger partial charge in [-0.15, -0.1) is 0 Å². The van der Waals surface area contributed by atoms with Crippen LogP contribution in [0.1, 0.15) is 0 Å². The normalized spacial score (nSPS) is 9.87. The number of nitrogen functional groups attached to an aromatic ring is 1. The van der Waals surface area contributed by atoms with E-state index in [-0.39, 0.29) is 5.75 Å². The van der Waals surface area contributed by atoms with Crippen LogP contribution in [-0.4, -0.2) is 15.1 Å². The molecule has 1 aromatic carbocycles. The van der Waals surface area contributed by atoms with E-state index in [1.165, 1.54) is 12.4 Å². The second-order valence-corrected chi connectivity index (χ2v) is 3.02. The molecule has 0 atom stereocenters.